The maximum Gasteiger partial charge on any atom is 0.407 e. The normalized spacial score (nSPS) is 19.4. The van der Waals surface area contributed by atoms with Gasteiger partial charge in [0.2, 0.25) is 0 Å². The van der Waals surface area contributed by atoms with Gasteiger partial charge in [0.05, 0.1) is 17.7 Å². The molecule has 2 rings (SSSR count). The molecular formula is C10H10Cl2FNO2. The van der Waals surface area contributed by atoms with Crippen LogP contribution in [-0.4, -0.2) is 12.7 Å². The molecule has 1 aromatic rings. The van der Waals surface area contributed by atoms with Crippen molar-refractivity contribution in [3.05, 3.63) is 34.6 Å². The number of benzene rings is 1. The quantitative estimate of drug-likeness (QED) is 0.848. The Hall–Kier alpha value is -1.000. The fourth-order valence-corrected chi connectivity index (χ4v) is 1.81. The predicted molar refractivity (Wildman–Crippen MR) is 60.5 cm³/mol. The molecule has 1 N–H and O–H groups in total. The van der Waals surface area contributed by atoms with Crippen LogP contribution in [0.5, 0.6) is 0 Å². The van der Waals surface area contributed by atoms with Gasteiger partial charge in [0.1, 0.15) is 5.82 Å². The first-order chi connectivity index (χ1) is 7.18. The third-order valence-electron chi connectivity index (χ3n) is 2.29. The van der Waals surface area contributed by atoms with Crippen LogP contribution < -0.4 is 5.32 Å². The van der Waals surface area contributed by atoms with E-state index in [0.717, 1.165) is 0 Å². The van der Waals surface area contributed by atoms with Crippen molar-refractivity contribution in [1.82, 2.24) is 5.32 Å². The summed E-state index contributed by atoms with van der Waals surface area (Å²) in [6, 6.07) is 4.28. The molecule has 0 spiro atoms. The Morgan fingerprint density at radius 3 is 2.94 bits per heavy atom. The third kappa shape index (κ3) is 2.57. The van der Waals surface area contributed by atoms with E-state index in [2.05, 4.69) is 5.32 Å². The Balaban J connectivity index is 0.00000128. The summed E-state index contributed by atoms with van der Waals surface area (Å²) in [5.74, 6) is -0.477. The van der Waals surface area contributed by atoms with Crippen LogP contribution in [-0.2, 0) is 4.74 Å². The molecular weight excluding hydrogens is 256 g/mol. The average Bonchev–Trinajstić information content (AvgIpc) is 2.22. The van der Waals surface area contributed by atoms with Gasteiger partial charge in [-0.25, -0.2) is 9.18 Å². The van der Waals surface area contributed by atoms with E-state index < -0.39 is 11.9 Å². The molecule has 0 aliphatic carbocycles. The van der Waals surface area contributed by atoms with Gasteiger partial charge in [0, 0.05) is 6.42 Å². The van der Waals surface area contributed by atoms with Gasteiger partial charge in [-0.1, -0.05) is 23.7 Å². The van der Waals surface area contributed by atoms with Gasteiger partial charge in [-0.2, -0.15) is 0 Å². The Bertz CT molecular complexity index is 400. The van der Waals surface area contributed by atoms with E-state index >= 15 is 0 Å². The number of rotatable bonds is 1. The molecule has 0 radical (unpaired) electrons. The van der Waals surface area contributed by atoms with E-state index in [4.69, 9.17) is 16.3 Å². The molecule has 3 nitrogen and oxygen atoms in total. The maximum atomic E-state index is 13.2. The second-order valence-electron chi connectivity index (χ2n) is 3.26. The van der Waals surface area contributed by atoms with E-state index in [0.29, 0.717) is 18.6 Å². The summed E-state index contributed by atoms with van der Waals surface area (Å²) in [4.78, 5) is 11.0. The lowest BCUT2D eigenvalue weighted by Crippen LogP contribution is -2.35. The molecule has 1 aromatic carbocycles. The fraction of sp³-hybridized carbons (Fsp3) is 0.300. The first-order valence-corrected chi connectivity index (χ1v) is 4.93. The molecule has 1 saturated heterocycles. The highest BCUT2D eigenvalue weighted by atomic mass is 35.5. The van der Waals surface area contributed by atoms with Crippen LogP contribution in [0.3, 0.4) is 0 Å². The van der Waals surface area contributed by atoms with Crippen molar-refractivity contribution in [3.63, 3.8) is 0 Å². The minimum Gasteiger partial charge on any atom is -0.449 e. The zero-order valence-electron chi connectivity index (χ0n) is 8.20. The van der Waals surface area contributed by atoms with Gasteiger partial charge in [-0.15, -0.1) is 12.4 Å². The monoisotopic (exact) mass is 265 g/mol. The van der Waals surface area contributed by atoms with Crippen molar-refractivity contribution < 1.29 is 13.9 Å². The molecule has 0 bridgehead atoms. The number of hydrogen-bond acceptors (Lipinski definition) is 2. The average molecular weight is 266 g/mol. The summed E-state index contributed by atoms with van der Waals surface area (Å²) in [7, 11) is 0. The summed E-state index contributed by atoms with van der Waals surface area (Å²) >= 11 is 5.81. The lowest BCUT2D eigenvalue weighted by molar-refractivity contribution is 0.115. The van der Waals surface area contributed by atoms with E-state index in [-0.39, 0.29) is 23.5 Å². The first-order valence-electron chi connectivity index (χ1n) is 4.55. The number of carbonyl (C=O) groups is 1. The summed E-state index contributed by atoms with van der Waals surface area (Å²) < 4.78 is 17.9. The van der Waals surface area contributed by atoms with Crippen molar-refractivity contribution in [2.45, 2.75) is 12.5 Å². The van der Waals surface area contributed by atoms with Gasteiger partial charge in [0.15, 0.2) is 0 Å². The second-order valence-corrected chi connectivity index (χ2v) is 3.64. The molecule has 16 heavy (non-hydrogen) atoms. The standard InChI is InChI=1S/C10H9ClFNO2.ClH/c11-9-6(2-1-3-7(9)12)8-4-5-15-10(14)13-8;/h1-3,8H,4-5H2,(H,13,14);1H/t8-;/m0./s1. The molecule has 0 unspecified atom stereocenters. The molecule has 6 heteroatoms. The van der Waals surface area contributed by atoms with E-state index in [9.17, 15) is 9.18 Å². The molecule has 0 saturated carbocycles. The van der Waals surface area contributed by atoms with Crippen LogP contribution in [0.1, 0.15) is 18.0 Å². The van der Waals surface area contributed by atoms with Crippen molar-refractivity contribution in [3.8, 4) is 0 Å². The molecule has 1 heterocycles. The highest BCUT2D eigenvalue weighted by molar-refractivity contribution is 6.31. The van der Waals surface area contributed by atoms with Gasteiger partial charge < -0.3 is 10.1 Å². The molecule has 88 valence electrons. The van der Waals surface area contributed by atoms with Crippen LogP contribution in [0.15, 0.2) is 18.2 Å². The molecule has 0 aromatic heterocycles. The van der Waals surface area contributed by atoms with Gasteiger partial charge in [-0.3, -0.25) is 0 Å². The Labute approximate surface area is 103 Å². The van der Waals surface area contributed by atoms with E-state index in [1.807, 2.05) is 0 Å². The van der Waals surface area contributed by atoms with Crippen LogP contribution >= 0.6 is 24.0 Å². The van der Waals surface area contributed by atoms with Crippen molar-refractivity contribution in [1.29, 1.82) is 0 Å². The van der Waals surface area contributed by atoms with Gasteiger partial charge in [0.25, 0.3) is 0 Å². The number of hydrogen-bond donors (Lipinski definition) is 1. The van der Waals surface area contributed by atoms with E-state index in [1.165, 1.54) is 6.07 Å². The number of nitrogens with one attached hydrogen (secondary N) is 1. The smallest absolute Gasteiger partial charge is 0.407 e. The third-order valence-corrected chi connectivity index (χ3v) is 2.69. The maximum absolute atomic E-state index is 13.2. The second kappa shape index (κ2) is 5.37. The van der Waals surface area contributed by atoms with Crippen LogP contribution in [0.2, 0.25) is 5.02 Å². The highest BCUT2D eigenvalue weighted by Crippen LogP contribution is 2.28. The minimum atomic E-state index is -0.494. The largest absolute Gasteiger partial charge is 0.449 e. The Morgan fingerprint density at radius 2 is 2.25 bits per heavy atom. The summed E-state index contributed by atoms with van der Waals surface area (Å²) in [6.07, 6.45) is 0.0983. The lowest BCUT2D eigenvalue weighted by Gasteiger charge is -2.24. The lowest BCUT2D eigenvalue weighted by atomic mass is 10.0. The first kappa shape index (κ1) is 13.1. The summed E-state index contributed by atoms with van der Waals surface area (Å²) in [6.45, 7) is 0.323. The number of ether oxygens (including phenoxy) is 1. The van der Waals surface area contributed by atoms with Crippen LogP contribution in [0.4, 0.5) is 9.18 Å². The fourth-order valence-electron chi connectivity index (χ4n) is 1.55. The van der Waals surface area contributed by atoms with Crippen molar-refractivity contribution >= 4 is 30.1 Å². The number of cyclic esters (lactones) is 1. The summed E-state index contributed by atoms with van der Waals surface area (Å²) in [5, 5.41) is 2.65. The Kier molecular flexibility index (Phi) is 4.38. The highest BCUT2D eigenvalue weighted by Gasteiger charge is 2.23. The molecule has 1 fully saturated rings. The zero-order chi connectivity index (χ0) is 10.8. The van der Waals surface area contributed by atoms with Crippen molar-refractivity contribution in [2.75, 3.05) is 6.61 Å². The van der Waals surface area contributed by atoms with Crippen LogP contribution in [0.25, 0.3) is 0 Å². The number of halogens is 3. The molecule has 1 amide bonds. The SMILES string of the molecule is Cl.O=C1N[C@H](c2cccc(F)c2Cl)CCO1. The zero-order valence-corrected chi connectivity index (χ0v) is 9.78. The van der Waals surface area contributed by atoms with Gasteiger partial charge >= 0.3 is 6.09 Å². The van der Waals surface area contributed by atoms with E-state index in [1.54, 1.807) is 12.1 Å². The molecule has 1 aliphatic rings. The molecule has 1 aliphatic heterocycles. The topological polar surface area (TPSA) is 38.3 Å². The number of amides is 1. The molecule has 1 atom stereocenters. The van der Waals surface area contributed by atoms with Crippen molar-refractivity contribution in [2.24, 2.45) is 0 Å². The summed E-state index contributed by atoms with van der Waals surface area (Å²) in [5.41, 5.74) is 0.591. The predicted octanol–water partition coefficient (Wildman–Crippen LogP) is 3.07. The van der Waals surface area contributed by atoms with Gasteiger partial charge in [-0.05, 0) is 11.6 Å². The number of carbonyl (C=O) groups excluding carboxylic acids is 1. The van der Waals surface area contributed by atoms with Crippen LogP contribution in [0, 0.1) is 5.82 Å². The Morgan fingerprint density at radius 1 is 1.50 bits per heavy atom. The number of alkyl carbamates (subject to hydrolysis) is 1. The minimum absolute atomic E-state index is 0.